The summed E-state index contributed by atoms with van der Waals surface area (Å²) in [6, 6.07) is 18.9. The zero-order valence-corrected chi connectivity index (χ0v) is 16.1. The fraction of sp³-hybridized carbons (Fsp3) is 0.143. The van der Waals surface area contributed by atoms with Crippen LogP contribution >= 0.6 is 0 Å². The van der Waals surface area contributed by atoms with Crippen LogP contribution < -0.4 is 16.4 Å². The molecule has 0 aliphatic heterocycles. The van der Waals surface area contributed by atoms with Gasteiger partial charge in [-0.2, -0.15) is 0 Å². The van der Waals surface area contributed by atoms with Crippen molar-refractivity contribution < 1.29 is 0 Å². The Kier molecular flexibility index (Phi) is 4.82. The van der Waals surface area contributed by atoms with E-state index < -0.39 is 0 Å². The van der Waals surface area contributed by atoms with E-state index in [0.29, 0.717) is 23.5 Å². The van der Waals surface area contributed by atoms with Crippen LogP contribution in [0.15, 0.2) is 70.3 Å². The van der Waals surface area contributed by atoms with Crippen LogP contribution in [-0.4, -0.2) is 24.5 Å². The SMILES string of the molecule is Cc1c(Nc2nnc(Cc3ccccc3)c(=O)[nH]2)c(=O)n(-c2ccccc2)n1C. The standard InChI is InChI=1S/C21H20N6O2/c1-14-18(20(29)27(26(14)2)16-11-7-4-8-12-16)22-21-23-19(28)17(24-25-21)13-15-9-5-3-6-10-15/h3-12H,13H2,1-2H3,(H2,22,23,25,28). The van der Waals surface area contributed by atoms with E-state index in [9.17, 15) is 9.59 Å². The molecule has 0 unspecified atom stereocenters. The number of nitrogens with zero attached hydrogens (tertiary/aromatic N) is 4. The summed E-state index contributed by atoms with van der Waals surface area (Å²) in [5.74, 6) is 0.123. The van der Waals surface area contributed by atoms with Crippen LogP contribution in [0.4, 0.5) is 11.6 Å². The minimum atomic E-state index is -0.344. The third kappa shape index (κ3) is 3.60. The molecule has 29 heavy (non-hydrogen) atoms. The minimum Gasteiger partial charge on any atom is -0.318 e. The van der Waals surface area contributed by atoms with Gasteiger partial charge in [0, 0.05) is 13.5 Å². The second-order valence-electron chi connectivity index (χ2n) is 6.67. The second kappa shape index (κ2) is 7.59. The van der Waals surface area contributed by atoms with Crippen molar-refractivity contribution in [3.63, 3.8) is 0 Å². The van der Waals surface area contributed by atoms with Crippen molar-refractivity contribution in [3.05, 3.63) is 98.3 Å². The molecule has 0 fully saturated rings. The highest BCUT2D eigenvalue weighted by Gasteiger charge is 2.17. The van der Waals surface area contributed by atoms with E-state index in [1.807, 2.05) is 67.6 Å². The molecule has 0 amide bonds. The summed E-state index contributed by atoms with van der Waals surface area (Å²) in [5, 5.41) is 11.0. The molecule has 0 radical (unpaired) electrons. The average Bonchev–Trinajstić information content (AvgIpc) is 2.94. The molecular weight excluding hydrogens is 368 g/mol. The van der Waals surface area contributed by atoms with Crippen LogP contribution in [0.25, 0.3) is 5.69 Å². The van der Waals surface area contributed by atoms with Crippen LogP contribution in [0, 0.1) is 6.92 Å². The summed E-state index contributed by atoms with van der Waals surface area (Å²) in [4.78, 5) is 28.0. The first-order valence-corrected chi connectivity index (χ1v) is 9.15. The first kappa shape index (κ1) is 18.4. The lowest BCUT2D eigenvalue weighted by Crippen LogP contribution is -2.22. The smallest absolute Gasteiger partial charge is 0.295 e. The Morgan fingerprint density at radius 3 is 2.28 bits per heavy atom. The quantitative estimate of drug-likeness (QED) is 0.547. The molecule has 2 aromatic heterocycles. The van der Waals surface area contributed by atoms with Gasteiger partial charge in [-0.1, -0.05) is 48.5 Å². The first-order valence-electron chi connectivity index (χ1n) is 9.15. The van der Waals surface area contributed by atoms with Gasteiger partial charge in [-0.3, -0.25) is 19.3 Å². The number of nitrogens with one attached hydrogen (secondary N) is 2. The molecule has 2 N–H and O–H groups in total. The Hall–Kier alpha value is -3.94. The summed E-state index contributed by atoms with van der Waals surface area (Å²) in [5.41, 5.74) is 2.47. The maximum Gasteiger partial charge on any atom is 0.295 e. The van der Waals surface area contributed by atoms with E-state index in [0.717, 1.165) is 11.3 Å². The van der Waals surface area contributed by atoms with Crippen molar-refractivity contribution in [2.45, 2.75) is 13.3 Å². The molecule has 4 rings (SSSR count). The zero-order valence-electron chi connectivity index (χ0n) is 16.1. The van der Waals surface area contributed by atoms with Gasteiger partial charge < -0.3 is 5.32 Å². The number of H-pyrrole nitrogens is 1. The van der Waals surface area contributed by atoms with Crippen LogP contribution in [0.3, 0.4) is 0 Å². The molecule has 0 saturated carbocycles. The summed E-state index contributed by atoms with van der Waals surface area (Å²) in [6.07, 6.45) is 0.384. The maximum atomic E-state index is 12.9. The van der Waals surface area contributed by atoms with E-state index in [-0.39, 0.29) is 17.1 Å². The Labute approximate surface area is 166 Å². The van der Waals surface area contributed by atoms with Crippen molar-refractivity contribution in [1.29, 1.82) is 0 Å². The molecule has 4 aromatic rings. The van der Waals surface area contributed by atoms with Gasteiger partial charge in [0.15, 0.2) is 0 Å². The fourth-order valence-electron chi connectivity index (χ4n) is 3.15. The zero-order chi connectivity index (χ0) is 20.4. The first-order chi connectivity index (χ1) is 14.0. The molecule has 0 aliphatic carbocycles. The molecule has 8 nitrogen and oxygen atoms in total. The van der Waals surface area contributed by atoms with E-state index in [2.05, 4.69) is 20.5 Å². The van der Waals surface area contributed by atoms with Crippen molar-refractivity contribution in [1.82, 2.24) is 24.5 Å². The summed E-state index contributed by atoms with van der Waals surface area (Å²) in [6.45, 7) is 1.82. The number of aromatic amines is 1. The van der Waals surface area contributed by atoms with E-state index in [1.54, 1.807) is 16.4 Å². The number of hydrogen-bond donors (Lipinski definition) is 2. The van der Waals surface area contributed by atoms with Gasteiger partial charge in [0.05, 0.1) is 11.4 Å². The topological polar surface area (TPSA) is 97.6 Å². The molecular formula is C21H20N6O2. The monoisotopic (exact) mass is 388 g/mol. The number of rotatable bonds is 5. The van der Waals surface area contributed by atoms with Crippen molar-refractivity contribution >= 4 is 11.6 Å². The van der Waals surface area contributed by atoms with Crippen LogP contribution in [0.2, 0.25) is 0 Å². The van der Waals surface area contributed by atoms with E-state index >= 15 is 0 Å². The van der Waals surface area contributed by atoms with Crippen molar-refractivity contribution in [2.24, 2.45) is 7.05 Å². The number of aromatic nitrogens is 5. The number of hydrogen-bond acceptors (Lipinski definition) is 5. The number of benzene rings is 2. The van der Waals surface area contributed by atoms with E-state index in [1.165, 1.54) is 0 Å². The lowest BCUT2D eigenvalue weighted by atomic mass is 10.1. The van der Waals surface area contributed by atoms with Crippen LogP contribution in [0.1, 0.15) is 17.0 Å². The summed E-state index contributed by atoms with van der Waals surface area (Å²) in [7, 11) is 1.80. The predicted octanol–water partition coefficient (Wildman–Crippen LogP) is 2.30. The second-order valence-corrected chi connectivity index (χ2v) is 6.67. The molecule has 8 heteroatoms. The lowest BCUT2D eigenvalue weighted by molar-refractivity contribution is 0.630. The maximum absolute atomic E-state index is 12.9. The highest BCUT2D eigenvalue weighted by atomic mass is 16.1. The Bertz CT molecular complexity index is 1260. The lowest BCUT2D eigenvalue weighted by Gasteiger charge is -2.07. The molecule has 0 aliphatic rings. The largest absolute Gasteiger partial charge is 0.318 e. The van der Waals surface area contributed by atoms with Crippen molar-refractivity contribution in [3.8, 4) is 5.69 Å². The van der Waals surface area contributed by atoms with Gasteiger partial charge in [0.25, 0.3) is 11.1 Å². The molecule has 0 spiro atoms. The molecule has 0 bridgehead atoms. The van der Waals surface area contributed by atoms with Gasteiger partial charge >= 0.3 is 0 Å². The van der Waals surface area contributed by atoms with Gasteiger partial charge in [-0.05, 0) is 24.6 Å². The molecule has 0 atom stereocenters. The average molecular weight is 388 g/mol. The van der Waals surface area contributed by atoms with Crippen molar-refractivity contribution in [2.75, 3.05) is 5.32 Å². The normalized spacial score (nSPS) is 10.8. The van der Waals surface area contributed by atoms with Crippen LogP contribution in [-0.2, 0) is 13.5 Å². The number of anilines is 2. The highest BCUT2D eigenvalue weighted by Crippen LogP contribution is 2.16. The van der Waals surface area contributed by atoms with Gasteiger partial charge in [0.2, 0.25) is 5.95 Å². The fourth-order valence-corrected chi connectivity index (χ4v) is 3.15. The minimum absolute atomic E-state index is 0.123. The van der Waals surface area contributed by atoms with E-state index in [4.69, 9.17) is 0 Å². The Balaban J connectivity index is 1.64. The predicted molar refractivity (Wildman–Crippen MR) is 111 cm³/mol. The molecule has 146 valence electrons. The van der Waals surface area contributed by atoms with Gasteiger partial charge in [-0.25, -0.2) is 4.68 Å². The molecule has 2 aromatic carbocycles. The van der Waals surface area contributed by atoms with Crippen LogP contribution in [0.5, 0.6) is 0 Å². The summed E-state index contributed by atoms with van der Waals surface area (Å²) >= 11 is 0. The Morgan fingerprint density at radius 2 is 1.62 bits per heavy atom. The van der Waals surface area contributed by atoms with Gasteiger partial charge in [-0.15, -0.1) is 10.2 Å². The molecule has 2 heterocycles. The molecule has 0 saturated heterocycles. The highest BCUT2D eigenvalue weighted by molar-refractivity contribution is 5.56. The summed E-state index contributed by atoms with van der Waals surface area (Å²) < 4.78 is 3.29. The number of para-hydroxylation sites is 1. The van der Waals surface area contributed by atoms with Gasteiger partial charge in [0.1, 0.15) is 11.4 Å². The Morgan fingerprint density at radius 1 is 0.966 bits per heavy atom. The third-order valence-corrected chi connectivity index (χ3v) is 4.78. The third-order valence-electron chi connectivity index (χ3n) is 4.78.